The van der Waals surface area contributed by atoms with Crippen LogP contribution in [0.4, 0.5) is 16.2 Å². The minimum absolute atomic E-state index is 0.0758. The molecule has 0 heterocycles. The van der Waals surface area contributed by atoms with Gasteiger partial charge in [0.15, 0.2) is 0 Å². The molecule has 3 aromatic carbocycles. The number of carbonyl (C=O) groups is 2. The summed E-state index contributed by atoms with van der Waals surface area (Å²) in [4.78, 5) is 27.0. The third kappa shape index (κ3) is 6.13. The van der Waals surface area contributed by atoms with Gasteiger partial charge < -0.3 is 15.4 Å². The Kier molecular flexibility index (Phi) is 7.25. The number of hydrogen-bond acceptors (Lipinski definition) is 3. The summed E-state index contributed by atoms with van der Waals surface area (Å²) in [5.74, 6) is 1.63. The predicted molar refractivity (Wildman–Crippen MR) is 131 cm³/mol. The molecule has 0 atom stereocenters. The number of amides is 3. The molecule has 1 fully saturated rings. The number of para-hydroxylation sites is 1. The van der Waals surface area contributed by atoms with Gasteiger partial charge in [-0.2, -0.15) is 0 Å². The Morgan fingerprint density at radius 3 is 2.33 bits per heavy atom. The first-order chi connectivity index (χ1) is 16.1. The van der Waals surface area contributed by atoms with E-state index in [0.717, 1.165) is 42.0 Å². The second-order valence-corrected chi connectivity index (χ2v) is 8.28. The van der Waals surface area contributed by atoms with E-state index < -0.39 is 0 Å². The number of nitrogens with one attached hydrogen (secondary N) is 2. The number of rotatable bonds is 8. The first-order valence-electron chi connectivity index (χ1n) is 11.3. The number of nitrogens with zero attached hydrogens (tertiary/aromatic N) is 1. The van der Waals surface area contributed by atoms with Crippen molar-refractivity contribution in [2.75, 3.05) is 23.3 Å². The van der Waals surface area contributed by atoms with Crippen molar-refractivity contribution >= 4 is 23.3 Å². The molecule has 6 heteroatoms. The number of aryl methyl sites for hydroxylation is 1. The van der Waals surface area contributed by atoms with Crippen molar-refractivity contribution < 1.29 is 14.3 Å². The molecule has 1 aliphatic carbocycles. The summed E-state index contributed by atoms with van der Waals surface area (Å²) >= 11 is 0. The molecule has 0 aromatic heterocycles. The van der Waals surface area contributed by atoms with Gasteiger partial charge in [-0.3, -0.25) is 9.69 Å². The van der Waals surface area contributed by atoms with Gasteiger partial charge in [0.05, 0.1) is 0 Å². The van der Waals surface area contributed by atoms with Crippen molar-refractivity contribution in [1.29, 1.82) is 0 Å². The highest BCUT2D eigenvalue weighted by Crippen LogP contribution is 2.27. The molecule has 170 valence electrons. The Labute approximate surface area is 194 Å². The van der Waals surface area contributed by atoms with Gasteiger partial charge >= 0.3 is 6.03 Å². The molecule has 0 bridgehead atoms. The van der Waals surface area contributed by atoms with Crippen LogP contribution in [0.5, 0.6) is 11.5 Å². The van der Waals surface area contributed by atoms with Crippen molar-refractivity contribution in [2.45, 2.75) is 26.2 Å². The van der Waals surface area contributed by atoms with Crippen LogP contribution in [0.1, 0.15) is 24.8 Å². The molecular formula is C27H29N3O3. The third-order valence-electron chi connectivity index (χ3n) is 5.75. The van der Waals surface area contributed by atoms with Gasteiger partial charge in [-0.25, -0.2) is 4.79 Å². The fraction of sp³-hybridized carbons (Fsp3) is 0.259. The van der Waals surface area contributed by atoms with Gasteiger partial charge in [-0.15, -0.1) is 0 Å². The lowest BCUT2D eigenvalue weighted by Gasteiger charge is -2.26. The topological polar surface area (TPSA) is 70.7 Å². The van der Waals surface area contributed by atoms with Gasteiger partial charge in [0.25, 0.3) is 0 Å². The molecule has 2 N–H and O–H groups in total. The van der Waals surface area contributed by atoms with Crippen molar-refractivity contribution in [2.24, 2.45) is 5.92 Å². The van der Waals surface area contributed by atoms with E-state index in [9.17, 15) is 9.59 Å². The molecule has 0 aliphatic heterocycles. The van der Waals surface area contributed by atoms with Gasteiger partial charge in [0.1, 0.15) is 11.5 Å². The normalized spacial score (nSPS) is 13.0. The van der Waals surface area contributed by atoms with Crippen molar-refractivity contribution in [3.05, 3.63) is 84.4 Å². The quantitative estimate of drug-likeness (QED) is 0.466. The van der Waals surface area contributed by atoms with Gasteiger partial charge in [0.2, 0.25) is 5.91 Å². The second-order valence-electron chi connectivity index (χ2n) is 8.28. The minimum atomic E-state index is -0.254. The summed E-state index contributed by atoms with van der Waals surface area (Å²) in [6.45, 7) is 2.72. The zero-order valence-electron chi connectivity index (χ0n) is 18.8. The first kappa shape index (κ1) is 22.4. The highest BCUT2D eigenvalue weighted by atomic mass is 16.5. The minimum Gasteiger partial charge on any atom is -0.457 e. The maximum absolute atomic E-state index is 13.1. The molecular weight excluding hydrogens is 414 g/mol. The fourth-order valence-corrected chi connectivity index (χ4v) is 3.69. The first-order valence-corrected chi connectivity index (χ1v) is 11.3. The summed E-state index contributed by atoms with van der Waals surface area (Å²) in [6.07, 6.45) is 3.01. The molecule has 4 rings (SSSR count). The monoisotopic (exact) mass is 443 g/mol. The van der Waals surface area contributed by atoms with E-state index in [0.29, 0.717) is 18.8 Å². The lowest BCUT2D eigenvalue weighted by molar-refractivity contribution is -0.127. The van der Waals surface area contributed by atoms with E-state index in [2.05, 4.69) is 10.6 Å². The SMILES string of the molecule is Cc1cccc(NC(=O)N(CCNC(=O)C2CCC2)c2ccc(Oc3ccccc3)cc2)c1. The Morgan fingerprint density at radius 1 is 0.939 bits per heavy atom. The van der Waals surface area contributed by atoms with Crippen LogP contribution in [0.25, 0.3) is 0 Å². The average Bonchev–Trinajstić information content (AvgIpc) is 2.77. The largest absolute Gasteiger partial charge is 0.457 e. The Balaban J connectivity index is 1.45. The van der Waals surface area contributed by atoms with E-state index in [1.807, 2.05) is 85.8 Å². The summed E-state index contributed by atoms with van der Waals surface area (Å²) in [5, 5.41) is 5.93. The Hall–Kier alpha value is -3.80. The third-order valence-corrected chi connectivity index (χ3v) is 5.75. The lowest BCUT2D eigenvalue weighted by atomic mass is 9.85. The summed E-state index contributed by atoms with van der Waals surface area (Å²) < 4.78 is 5.86. The van der Waals surface area contributed by atoms with Crippen LogP contribution in [0, 0.1) is 12.8 Å². The standard InChI is InChI=1S/C27H29N3O3/c1-20-7-5-10-22(19-20)29-27(32)30(18-17-28-26(31)21-8-6-9-21)23-13-15-25(16-14-23)33-24-11-3-2-4-12-24/h2-5,7,10-16,19,21H,6,8-9,17-18H2,1H3,(H,28,31)(H,29,32). The van der Waals surface area contributed by atoms with Crippen molar-refractivity contribution in [3.63, 3.8) is 0 Å². The number of hydrogen-bond donors (Lipinski definition) is 2. The fourth-order valence-electron chi connectivity index (χ4n) is 3.69. The summed E-state index contributed by atoms with van der Waals surface area (Å²) in [6, 6.07) is 24.3. The lowest BCUT2D eigenvalue weighted by Crippen LogP contribution is -2.43. The molecule has 6 nitrogen and oxygen atoms in total. The van der Waals surface area contributed by atoms with E-state index in [1.165, 1.54) is 0 Å². The smallest absolute Gasteiger partial charge is 0.326 e. The number of carbonyl (C=O) groups excluding carboxylic acids is 2. The zero-order valence-corrected chi connectivity index (χ0v) is 18.8. The number of urea groups is 1. The van der Waals surface area contributed by atoms with Crippen molar-refractivity contribution in [3.8, 4) is 11.5 Å². The van der Waals surface area contributed by atoms with Crippen LogP contribution in [0.15, 0.2) is 78.9 Å². The van der Waals surface area contributed by atoms with E-state index >= 15 is 0 Å². The van der Waals surface area contributed by atoms with Crippen LogP contribution >= 0.6 is 0 Å². The summed E-state index contributed by atoms with van der Waals surface area (Å²) in [7, 11) is 0. The maximum atomic E-state index is 13.1. The maximum Gasteiger partial charge on any atom is 0.326 e. The second kappa shape index (κ2) is 10.7. The van der Waals surface area contributed by atoms with Crippen LogP contribution in [0.3, 0.4) is 0 Å². The molecule has 0 spiro atoms. The number of benzene rings is 3. The average molecular weight is 444 g/mol. The molecule has 0 radical (unpaired) electrons. The molecule has 1 aliphatic rings. The van der Waals surface area contributed by atoms with Gasteiger partial charge in [-0.1, -0.05) is 36.8 Å². The Morgan fingerprint density at radius 2 is 1.67 bits per heavy atom. The number of anilines is 2. The predicted octanol–water partition coefficient (Wildman–Crippen LogP) is 5.74. The van der Waals surface area contributed by atoms with Crippen LogP contribution in [-0.4, -0.2) is 25.0 Å². The molecule has 3 aromatic rings. The molecule has 0 saturated heterocycles. The Bertz CT molecular complexity index is 1080. The van der Waals surface area contributed by atoms with E-state index in [4.69, 9.17) is 4.74 Å². The van der Waals surface area contributed by atoms with Crippen molar-refractivity contribution in [1.82, 2.24) is 5.32 Å². The zero-order chi connectivity index (χ0) is 23.0. The summed E-state index contributed by atoms with van der Waals surface area (Å²) in [5.41, 5.74) is 2.51. The molecule has 1 saturated carbocycles. The molecule has 0 unspecified atom stereocenters. The highest BCUT2D eigenvalue weighted by Gasteiger charge is 2.25. The van der Waals surface area contributed by atoms with Gasteiger partial charge in [0, 0.05) is 30.4 Å². The molecule has 3 amide bonds. The van der Waals surface area contributed by atoms with Gasteiger partial charge in [-0.05, 0) is 73.9 Å². The number of ether oxygens (including phenoxy) is 1. The molecule has 33 heavy (non-hydrogen) atoms. The van der Waals surface area contributed by atoms with Crippen LogP contribution < -0.4 is 20.3 Å². The van der Waals surface area contributed by atoms with Crippen LogP contribution in [-0.2, 0) is 4.79 Å². The van der Waals surface area contributed by atoms with Crippen LogP contribution in [0.2, 0.25) is 0 Å². The van der Waals surface area contributed by atoms with E-state index in [-0.39, 0.29) is 17.9 Å². The van der Waals surface area contributed by atoms with E-state index in [1.54, 1.807) is 4.90 Å². The highest BCUT2D eigenvalue weighted by molar-refractivity contribution is 6.01.